The smallest absolute Gasteiger partial charge is 0.408 e. The highest BCUT2D eigenvalue weighted by molar-refractivity contribution is 7.80. The first-order chi connectivity index (χ1) is 22.2. The lowest BCUT2D eigenvalue weighted by Gasteiger charge is -2.25. The summed E-state index contributed by atoms with van der Waals surface area (Å²) in [6.45, 7) is 3.52. The van der Waals surface area contributed by atoms with Gasteiger partial charge in [-0.25, -0.2) is 9.59 Å². The minimum atomic E-state index is -1.39. The first-order valence-electron chi connectivity index (χ1n) is 14.6. The number of benzene rings is 2. The van der Waals surface area contributed by atoms with Gasteiger partial charge in [0.2, 0.25) is 17.7 Å². The summed E-state index contributed by atoms with van der Waals surface area (Å²) >= 11 is 16.3. The molecule has 4 amide bonds. The summed E-state index contributed by atoms with van der Waals surface area (Å²) in [5.74, 6) is -4.56. The molecule has 0 aliphatic heterocycles. The van der Waals surface area contributed by atoms with Crippen LogP contribution in [0, 0.1) is 5.92 Å². The molecule has 47 heavy (non-hydrogen) atoms. The van der Waals surface area contributed by atoms with Crippen LogP contribution in [0.1, 0.15) is 54.6 Å². The predicted octanol–water partition coefficient (Wildman–Crippen LogP) is 3.46. The Bertz CT molecular complexity index is 1440. The predicted molar refractivity (Wildman–Crippen MR) is 178 cm³/mol. The highest BCUT2D eigenvalue weighted by Gasteiger charge is 2.30. The second-order valence-electron chi connectivity index (χ2n) is 10.9. The van der Waals surface area contributed by atoms with Crippen LogP contribution in [0.4, 0.5) is 4.79 Å². The Morgan fingerprint density at radius 2 is 1.55 bits per heavy atom. The first-order valence-corrected chi connectivity index (χ1v) is 16.0. The van der Waals surface area contributed by atoms with Gasteiger partial charge in [-0.3, -0.25) is 19.2 Å². The molecule has 0 radical (unpaired) electrons. The number of aromatic carboxylic acids is 1. The molecule has 0 saturated heterocycles. The number of rotatable bonds is 18. The average molecular weight is 714 g/mol. The van der Waals surface area contributed by atoms with Gasteiger partial charge in [0.15, 0.2) is 0 Å². The van der Waals surface area contributed by atoms with Crippen molar-refractivity contribution in [2.75, 3.05) is 12.3 Å². The number of hydrogen-bond acceptors (Lipinski definition) is 8. The zero-order valence-electron chi connectivity index (χ0n) is 25.8. The fraction of sp³-hybridized carbons (Fsp3) is 0.419. The standard InChI is InChI=1S/C31H38Cl2N4O9S/c1-17(2)12-24(29(42)36-25(16-47)27(40)34-11-10-19-6-7-21(32)14-22(19)33)35-28(41)23(8-9-26(38)39)37-31(45)46-15-18-4-3-5-20(13-18)30(43)44/h3-7,13-14,17,23-25,47H,8-12,15-16H2,1-2H3,(H,34,40)(H,35,41)(H,36,42)(H,37,45)(H,38,39)(H,43,44)/t23-,24-,25-/m0/s1. The molecular weight excluding hydrogens is 675 g/mol. The van der Waals surface area contributed by atoms with Gasteiger partial charge in [-0.15, -0.1) is 0 Å². The van der Waals surface area contributed by atoms with E-state index < -0.39 is 60.3 Å². The van der Waals surface area contributed by atoms with Crippen molar-refractivity contribution in [3.8, 4) is 0 Å². The van der Waals surface area contributed by atoms with Gasteiger partial charge < -0.3 is 36.2 Å². The molecule has 13 nitrogen and oxygen atoms in total. The van der Waals surface area contributed by atoms with Crippen molar-refractivity contribution in [2.45, 2.75) is 64.3 Å². The Morgan fingerprint density at radius 3 is 2.17 bits per heavy atom. The van der Waals surface area contributed by atoms with Crippen LogP contribution < -0.4 is 21.3 Å². The molecule has 0 bridgehead atoms. The quantitative estimate of drug-likeness (QED) is 0.113. The summed E-state index contributed by atoms with van der Waals surface area (Å²) in [5, 5.41) is 29.4. The van der Waals surface area contributed by atoms with Gasteiger partial charge in [0.25, 0.3) is 0 Å². The Labute approximate surface area is 287 Å². The number of hydrogen-bond donors (Lipinski definition) is 7. The molecule has 3 atom stereocenters. The first kappa shape index (κ1) is 39.2. The van der Waals surface area contributed by atoms with Gasteiger partial charge in [-0.05, 0) is 60.6 Å². The molecule has 6 N–H and O–H groups in total. The largest absolute Gasteiger partial charge is 0.481 e. The average Bonchev–Trinajstić information content (AvgIpc) is 3.01. The summed E-state index contributed by atoms with van der Waals surface area (Å²) in [4.78, 5) is 74.4. The third-order valence-electron chi connectivity index (χ3n) is 6.66. The van der Waals surface area contributed by atoms with Crippen LogP contribution in [0.3, 0.4) is 0 Å². The molecule has 0 fully saturated rings. The summed E-state index contributed by atoms with van der Waals surface area (Å²) in [6, 6.07) is 7.12. The number of alkyl carbamates (subject to hydrolysis) is 1. The number of carbonyl (C=O) groups is 6. The van der Waals surface area contributed by atoms with E-state index in [9.17, 15) is 33.9 Å². The summed E-state index contributed by atoms with van der Waals surface area (Å²) in [5.41, 5.74) is 1.13. The van der Waals surface area contributed by atoms with E-state index in [4.69, 9.17) is 33.0 Å². The third kappa shape index (κ3) is 14.1. The van der Waals surface area contributed by atoms with Crippen LogP contribution in [0.15, 0.2) is 42.5 Å². The molecule has 0 aliphatic rings. The van der Waals surface area contributed by atoms with Gasteiger partial charge in [-0.2, -0.15) is 12.6 Å². The van der Waals surface area contributed by atoms with Gasteiger partial charge in [0, 0.05) is 28.8 Å². The van der Waals surface area contributed by atoms with E-state index in [0.29, 0.717) is 22.0 Å². The van der Waals surface area contributed by atoms with Crippen LogP contribution in [-0.2, 0) is 36.9 Å². The van der Waals surface area contributed by atoms with Gasteiger partial charge in [0.05, 0.1) is 5.56 Å². The Morgan fingerprint density at radius 1 is 0.872 bits per heavy atom. The number of amides is 4. The van der Waals surface area contributed by atoms with Gasteiger partial charge >= 0.3 is 18.0 Å². The van der Waals surface area contributed by atoms with Crippen molar-refractivity contribution in [1.29, 1.82) is 0 Å². The van der Waals surface area contributed by atoms with Crippen LogP contribution >= 0.6 is 35.8 Å². The molecule has 0 spiro atoms. The van der Waals surface area contributed by atoms with E-state index in [1.54, 1.807) is 18.2 Å². The molecule has 0 aromatic heterocycles. The number of thiol groups is 1. The van der Waals surface area contributed by atoms with E-state index in [-0.39, 0.29) is 43.2 Å². The number of carboxylic acid groups (broad SMARTS) is 2. The molecule has 16 heteroatoms. The summed E-state index contributed by atoms with van der Waals surface area (Å²) < 4.78 is 5.12. The second-order valence-corrected chi connectivity index (χ2v) is 12.1. The highest BCUT2D eigenvalue weighted by atomic mass is 35.5. The van der Waals surface area contributed by atoms with Crippen LogP contribution in [0.25, 0.3) is 0 Å². The van der Waals surface area contributed by atoms with Crippen molar-refractivity contribution in [3.63, 3.8) is 0 Å². The minimum absolute atomic E-state index is 0.0137. The van der Waals surface area contributed by atoms with Crippen molar-refractivity contribution in [1.82, 2.24) is 21.3 Å². The van der Waals surface area contributed by atoms with Crippen molar-refractivity contribution < 1.29 is 43.7 Å². The fourth-order valence-electron chi connectivity index (χ4n) is 4.27. The molecule has 2 rings (SSSR count). The van der Waals surface area contributed by atoms with Crippen molar-refractivity contribution >= 4 is 71.6 Å². The van der Waals surface area contributed by atoms with Gasteiger partial charge in [0.1, 0.15) is 24.7 Å². The van der Waals surface area contributed by atoms with Crippen molar-refractivity contribution in [2.24, 2.45) is 5.92 Å². The molecule has 0 aliphatic carbocycles. The normalized spacial score (nSPS) is 12.7. The number of carboxylic acids is 2. The Hall–Kier alpha value is -4.01. The number of carbonyl (C=O) groups excluding carboxylic acids is 4. The van der Waals surface area contributed by atoms with Crippen LogP contribution in [0.2, 0.25) is 10.0 Å². The van der Waals surface area contributed by atoms with E-state index in [0.717, 1.165) is 5.56 Å². The topological polar surface area (TPSA) is 200 Å². The third-order valence-corrected chi connectivity index (χ3v) is 7.62. The molecular formula is C31H38Cl2N4O9S. The van der Waals surface area contributed by atoms with Gasteiger partial charge in [-0.1, -0.05) is 55.2 Å². The Balaban J connectivity index is 2.05. The molecule has 256 valence electrons. The molecule has 2 aromatic carbocycles. The second kappa shape index (κ2) is 19.6. The van der Waals surface area contributed by atoms with E-state index >= 15 is 0 Å². The molecule has 0 heterocycles. The zero-order valence-corrected chi connectivity index (χ0v) is 28.2. The Kier molecular flexibility index (Phi) is 16.3. The monoisotopic (exact) mass is 712 g/mol. The fourth-order valence-corrected chi connectivity index (χ4v) is 5.03. The van der Waals surface area contributed by atoms with E-state index in [1.165, 1.54) is 24.3 Å². The van der Waals surface area contributed by atoms with E-state index in [2.05, 4.69) is 33.9 Å². The highest BCUT2D eigenvalue weighted by Crippen LogP contribution is 2.21. The maximum Gasteiger partial charge on any atom is 0.408 e. The lowest BCUT2D eigenvalue weighted by Crippen LogP contribution is -2.57. The molecule has 2 aromatic rings. The summed E-state index contributed by atoms with van der Waals surface area (Å²) in [6.07, 6.45) is -1.30. The maximum absolute atomic E-state index is 13.3. The number of halogens is 2. The zero-order chi connectivity index (χ0) is 35.1. The summed E-state index contributed by atoms with van der Waals surface area (Å²) in [7, 11) is 0. The number of aliphatic carboxylic acids is 1. The molecule has 0 unspecified atom stereocenters. The number of nitrogens with one attached hydrogen (secondary N) is 4. The lowest BCUT2D eigenvalue weighted by molar-refractivity contribution is -0.137. The molecule has 0 saturated carbocycles. The van der Waals surface area contributed by atoms with Crippen molar-refractivity contribution in [3.05, 3.63) is 69.2 Å². The maximum atomic E-state index is 13.3. The van der Waals surface area contributed by atoms with E-state index in [1.807, 2.05) is 13.8 Å². The lowest BCUT2D eigenvalue weighted by atomic mass is 10.0. The van der Waals surface area contributed by atoms with Crippen LogP contribution in [0.5, 0.6) is 0 Å². The minimum Gasteiger partial charge on any atom is -0.481 e. The number of ether oxygens (including phenoxy) is 1. The SMILES string of the molecule is CC(C)C[C@H](NC(=O)[C@H](CCC(=O)O)NC(=O)OCc1cccc(C(=O)O)c1)C(=O)N[C@@H](CS)C(=O)NCCc1ccc(Cl)cc1Cl. The van der Waals surface area contributed by atoms with Crippen LogP contribution in [-0.4, -0.2) is 76.4 Å².